The predicted octanol–water partition coefficient (Wildman–Crippen LogP) is 5.10. The van der Waals surface area contributed by atoms with Gasteiger partial charge in [0.15, 0.2) is 11.9 Å². The average Bonchev–Trinajstić information content (AvgIpc) is 3.29. The zero-order valence-corrected chi connectivity index (χ0v) is 17.5. The summed E-state index contributed by atoms with van der Waals surface area (Å²) in [5.74, 6) is 0.464. The van der Waals surface area contributed by atoms with E-state index >= 15 is 0 Å². The number of benzene rings is 3. The number of carboxylic acid groups (broad SMARTS) is 1. The second kappa shape index (κ2) is 10.4. The molecule has 1 heterocycles. The summed E-state index contributed by atoms with van der Waals surface area (Å²) in [5, 5.41) is 13.6. The maximum atomic E-state index is 11.6. The van der Waals surface area contributed by atoms with Crippen molar-refractivity contribution >= 4 is 5.97 Å². The minimum Gasteiger partial charge on any atom is -0.479 e. The van der Waals surface area contributed by atoms with Crippen LogP contribution in [0.3, 0.4) is 0 Å². The molecular weight excluding hydrogens is 404 g/mol. The highest BCUT2D eigenvalue weighted by molar-refractivity contribution is 5.72. The van der Waals surface area contributed by atoms with Gasteiger partial charge in [-0.25, -0.2) is 4.79 Å². The van der Waals surface area contributed by atoms with E-state index in [1.807, 2.05) is 78.9 Å². The molecule has 3 aromatic carbocycles. The van der Waals surface area contributed by atoms with Crippen molar-refractivity contribution in [2.45, 2.75) is 31.3 Å². The normalized spacial score (nSPS) is 11.9. The summed E-state index contributed by atoms with van der Waals surface area (Å²) in [6.07, 6.45) is 0.478. The van der Waals surface area contributed by atoms with Crippen LogP contribution in [0.4, 0.5) is 0 Å². The van der Waals surface area contributed by atoms with Gasteiger partial charge in [0.05, 0.1) is 5.92 Å². The standard InChI is InChI=1S/C26H24N2O4/c29-26(30)22(31-21-15-8-3-9-16-21)17-10-18-23-27-25(32-28-23)24(19-11-4-1-5-12-19)20-13-6-2-7-14-20/h1-9,11-16,22,24H,10,17-18H2,(H,29,30). The first-order chi connectivity index (χ1) is 15.7. The number of hydrogen-bond donors (Lipinski definition) is 1. The summed E-state index contributed by atoms with van der Waals surface area (Å²) in [4.78, 5) is 16.2. The second-order valence-electron chi connectivity index (χ2n) is 7.45. The van der Waals surface area contributed by atoms with Gasteiger partial charge in [-0.1, -0.05) is 84.0 Å². The summed E-state index contributed by atoms with van der Waals surface area (Å²) >= 11 is 0. The van der Waals surface area contributed by atoms with Crippen LogP contribution in [0.15, 0.2) is 95.5 Å². The summed E-state index contributed by atoms with van der Waals surface area (Å²) < 4.78 is 11.2. The van der Waals surface area contributed by atoms with E-state index in [1.165, 1.54) is 0 Å². The number of aromatic nitrogens is 2. The molecule has 0 aliphatic carbocycles. The van der Waals surface area contributed by atoms with Gasteiger partial charge in [-0.3, -0.25) is 0 Å². The highest BCUT2D eigenvalue weighted by Crippen LogP contribution is 2.30. The lowest BCUT2D eigenvalue weighted by molar-refractivity contribution is -0.145. The Morgan fingerprint density at radius 3 is 2.00 bits per heavy atom. The Morgan fingerprint density at radius 2 is 1.44 bits per heavy atom. The zero-order valence-electron chi connectivity index (χ0n) is 17.5. The molecule has 1 aromatic heterocycles. The SMILES string of the molecule is O=C(O)C(CCCc1noc(C(c2ccccc2)c2ccccc2)n1)Oc1ccccc1. The highest BCUT2D eigenvalue weighted by atomic mass is 16.5. The van der Waals surface area contributed by atoms with E-state index in [1.54, 1.807) is 12.1 Å². The fourth-order valence-electron chi connectivity index (χ4n) is 3.60. The minimum atomic E-state index is -0.990. The van der Waals surface area contributed by atoms with Crippen molar-refractivity contribution in [1.82, 2.24) is 10.1 Å². The van der Waals surface area contributed by atoms with Crippen molar-refractivity contribution in [3.05, 3.63) is 114 Å². The van der Waals surface area contributed by atoms with Gasteiger partial charge in [-0.05, 0) is 36.1 Å². The number of ether oxygens (including phenoxy) is 1. The van der Waals surface area contributed by atoms with Gasteiger partial charge in [0.25, 0.3) is 0 Å². The van der Waals surface area contributed by atoms with Crippen molar-refractivity contribution in [2.75, 3.05) is 0 Å². The molecule has 0 radical (unpaired) electrons. The van der Waals surface area contributed by atoms with Crippen LogP contribution in [0.1, 0.15) is 41.6 Å². The number of carboxylic acids is 1. The smallest absolute Gasteiger partial charge is 0.344 e. The molecule has 6 nitrogen and oxygen atoms in total. The molecule has 0 bridgehead atoms. The van der Waals surface area contributed by atoms with Crippen LogP contribution in [0.2, 0.25) is 0 Å². The molecule has 0 fully saturated rings. The molecule has 0 saturated carbocycles. The summed E-state index contributed by atoms with van der Waals surface area (Å²) in [7, 11) is 0. The van der Waals surface area contributed by atoms with E-state index in [0.29, 0.717) is 36.7 Å². The van der Waals surface area contributed by atoms with Crippen LogP contribution in [-0.2, 0) is 11.2 Å². The van der Waals surface area contributed by atoms with Crippen LogP contribution in [0.25, 0.3) is 0 Å². The van der Waals surface area contributed by atoms with E-state index in [4.69, 9.17) is 9.26 Å². The first-order valence-electron chi connectivity index (χ1n) is 10.6. The number of nitrogens with zero attached hydrogens (tertiary/aromatic N) is 2. The molecule has 4 aromatic rings. The van der Waals surface area contributed by atoms with Crippen molar-refractivity contribution < 1.29 is 19.2 Å². The Bertz CT molecular complexity index is 1070. The topological polar surface area (TPSA) is 85.5 Å². The number of aliphatic carboxylic acids is 1. The largest absolute Gasteiger partial charge is 0.479 e. The number of rotatable bonds is 10. The van der Waals surface area contributed by atoms with Crippen LogP contribution in [0.5, 0.6) is 5.75 Å². The molecule has 1 atom stereocenters. The van der Waals surface area contributed by atoms with E-state index in [-0.39, 0.29) is 5.92 Å². The maximum Gasteiger partial charge on any atom is 0.344 e. The first-order valence-corrected chi connectivity index (χ1v) is 10.6. The minimum absolute atomic E-state index is 0.160. The number of hydrogen-bond acceptors (Lipinski definition) is 5. The zero-order chi connectivity index (χ0) is 22.2. The summed E-state index contributed by atoms with van der Waals surface area (Å²) in [6, 6.07) is 29.0. The van der Waals surface area contributed by atoms with E-state index < -0.39 is 12.1 Å². The molecule has 0 spiro atoms. The fraction of sp³-hybridized carbons (Fsp3) is 0.192. The van der Waals surface area contributed by atoms with Gasteiger partial charge in [0.2, 0.25) is 5.89 Å². The molecule has 0 aliphatic heterocycles. The molecule has 0 aliphatic rings. The molecule has 1 N–H and O–H groups in total. The molecule has 1 unspecified atom stereocenters. The molecular formula is C26H24N2O4. The second-order valence-corrected chi connectivity index (χ2v) is 7.45. The Kier molecular flexibility index (Phi) is 6.92. The van der Waals surface area contributed by atoms with Gasteiger partial charge in [0, 0.05) is 6.42 Å². The Morgan fingerprint density at radius 1 is 0.875 bits per heavy atom. The van der Waals surface area contributed by atoms with Crippen LogP contribution in [-0.4, -0.2) is 27.3 Å². The molecule has 32 heavy (non-hydrogen) atoms. The third-order valence-electron chi connectivity index (χ3n) is 5.16. The van der Waals surface area contributed by atoms with E-state index in [0.717, 1.165) is 11.1 Å². The van der Waals surface area contributed by atoms with Crippen molar-refractivity contribution in [1.29, 1.82) is 0 Å². The molecule has 0 saturated heterocycles. The van der Waals surface area contributed by atoms with Crippen LogP contribution < -0.4 is 4.74 Å². The quantitative estimate of drug-likeness (QED) is 0.378. The van der Waals surface area contributed by atoms with Crippen LogP contribution >= 0.6 is 0 Å². The van der Waals surface area contributed by atoms with Gasteiger partial charge in [-0.2, -0.15) is 4.98 Å². The lowest BCUT2D eigenvalue weighted by atomic mass is 9.91. The van der Waals surface area contributed by atoms with E-state index in [2.05, 4.69) is 10.1 Å². The lowest BCUT2D eigenvalue weighted by Crippen LogP contribution is -2.27. The third kappa shape index (κ3) is 5.40. The van der Waals surface area contributed by atoms with Gasteiger partial charge >= 0.3 is 5.97 Å². The third-order valence-corrected chi connectivity index (χ3v) is 5.16. The van der Waals surface area contributed by atoms with Crippen LogP contribution in [0, 0.1) is 0 Å². The molecule has 162 valence electrons. The molecule has 6 heteroatoms. The highest BCUT2D eigenvalue weighted by Gasteiger charge is 2.24. The van der Waals surface area contributed by atoms with Gasteiger partial charge in [0.1, 0.15) is 5.75 Å². The van der Waals surface area contributed by atoms with Crippen molar-refractivity contribution in [2.24, 2.45) is 0 Å². The van der Waals surface area contributed by atoms with Crippen molar-refractivity contribution in [3.8, 4) is 5.75 Å². The Hall–Kier alpha value is -3.93. The molecule has 0 amide bonds. The van der Waals surface area contributed by atoms with Crippen molar-refractivity contribution in [3.63, 3.8) is 0 Å². The van der Waals surface area contributed by atoms with Gasteiger partial charge in [-0.15, -0.1) is 0 Å². The van der Waals surface area contributed by atoms with Gasteiger partial charge < -0.3 is 14.4 Å². The first kappa shape index (κ1) is 21.3. The monoisotopic (exact) mass is 428 g/mol. The average molecular weight is 428 g/mol. The number of aryl methyl sites for hydroxylation is 1. The summed E-state index contributed by atoms with van der Waals surface area (Å²) in [5.41, 5.74) is 2.13. The number of para-hydroxylation sites is 1. The van der Waals surface area contributed by atoms with E-state index in [9.17, 15) is 9.90 Å². The fourth-order valence-corrected chi connectivity index (χ4v) is 3.60. The molecule has 4 rings (SSSR count). The Labute approximate surface area is 186 Å². The lowest BCUT2D eigenvalue weighted by Gasteiger charge is -2.14. The predicted molar refractivity (Wildman–Crippen MR) is 120 cm³/mol. The Balaban J connectivity index is 1.43. The summed E-state index contributed by atoms with van der Waals surface area (Å²) in [6.45, 7) is 0. The maximum absolute atomic E-state index is 11.6. The number of carbonyl (C=O) groups is 1.